The van der Waals surface area contributed by atoms with E-state index >= 15 is 0 Å². The fourth-order valence-electron chi connectivity index (χ4n) is 2.32. The van der Waals surface area contributed by atoms with Gasteiger partial charge in [0.15, 0.2) is 0 Å². The molecule has 0 radical (unpaired) electrons. The third-order valence-corrected chi connectivity index (χ3v) is 3.37. The van der Waals surface area contributed by atoms with Crippen LogP contribution in [0.2, 0.25) is 0 Å². The van der Waals surface area contributed by atoms with Gasteiger partial charge < -0.3 is 5.32 Å². The molecule has 0 saturated carbocycles. The predicted octanol–water partition coefficient (Wildman–Crippen LogP) is 3.62. The van der Waals surface area contributed by atoms with E-state index in [1.54, 1.807) is 0 Å². The standard InChI is InChI=1S/C15H21NO/c17-15(13-9-5-4-6-10-13)16-14-11-7-2-1-3-8-12-14/h4-5,9,11H,1-3,6-8,10,12H2,(H,16,17)/b14-11+. The molecule has 2 heteroatoms. The van der Waals surface area contributed by atoms with Crippen molar-refractivity contribution in [2.75, 3.05) is 0 Å². The van der Waals surface area contributed by atoms with Crippen molar-refractivity contribution in [3.8, 4) is 0 Å². The summed E-state index contributed by atoms with van der Waals surface area (Å²) in [6.45, 7) is 0. The lowest BCUT2D eigenvalue weighted by atomic mass is 10.0. The van der Waals surface area contributed by atoms with E-state index in [0.717, 1.165) is 37.0 Å². The van der Waals surface area contributed by atoms with E-state index in [0.29, 0.717) is 0 Å². The topological polar surface area (TPSA) is 29.1 Å². The molecule has 0 bridgehead atoms. The molecule has 1 amide bonds. The zero-order valence-electron chi connectivity index (χ0n) is 10.4. The van der Waals surface area contributed by atoms with E-state index in [9.17, 15) is 4.79 Å². The molecule has 2 aliphatic rings. The maximum absolute atomic E-state index is 12.0. The third-order valence-electron chi connectivity index (χ3n) is 3.37. The van der Waals surface area contributed by atoms with Gasteiger partial charge in [0.1, 0.15) is 0 Å². The second-order valence-electron chi connectivity index (χ2n) is 4.80. The number of hydrogen-bond donors (Lipinski definition) is 1. The molecule has 0 atom stereocenters. The monoisotopic (exact) mass is 231 g/mol. The van der Waals surface area contributed by atoms with Crippen molar-refractivity contribution in [3.05, 3.63) is 35.6 Å². The van der Waals surface area contributed by atoms with Gasteiger partial charge in [0.05, 0.1) is 0 Å². The molecule has 0 aromatic rings. The molecule has 0 heterocycles. The summed E-state index contributed by atoms with van der Waals surface area (Å²) < 4.78 is 0. The van der Waals surface area contributed by atoms with Crippen molar-refractivity contribution in [3.63, 3.8) is 0 Å². The van der Waals surface area contributed by atoms with Crippen LogP contribution in [0.1, 0.15) is 51.4 Å². The van der Waals surface area contributed by atoms with Gasteiger partial charge in [-0.3, -0.25) is 4.79 Å². The molecule has 2 aliphatic carbocycles. The Kier molecular flexibility index (Phi) is 4.60. The van der Waals surface area contributed by atoms with Crippen molar-refractivity contribution < 1.29 is 4.79 Å². The number of amides is 1. The zero-order valence-corrected chi connectivity index (χ0v) is 10.4. The molecule has 92 valence electrons. The van der Waals surface area contributed by atoms with Crippen molar-refractivity contribution in [2.45, 2.75) is 51.4 Å². The molecule has 0 saturated heterocycles. The Balaban J connectivity index is 1.92. The first kappa shape index (κ1) is 12.2. The molecule has 0 aliphatic heterocycles. The average molecular weight is 231 g/mol. The van der Waals surface area contributed by atoms with Gasteiger partial charge in [0, 0.05) is 11.3 Å². The highest BCUT2D eigenvalue weighted by Crippen LogP contribution is 2.17. The Morgan fingerprint density at radius 1 is 1.06 bits per heavy atom. The van der Waals surface area contributed by atoms with E-state index in [2.05, 4.69) is 17.5 Å². The van der Waals surface area contributed by atoms with Gasteiger partial charge >= 0.3 is 0 Å². The number of allylic oxidation sites excluding steroid dienone is 5. The lowest BCUT2D eigenvalue weighted by Gasteiger charge is -2.14. The fraction of sp³-hybridized carbons (Fsp3) is 0.533. The quantitative estimate of drug-likeness (QED) is 0.772. The molecule has 1 N–H and O–H groups in total. The first-order valence-electron chi connectivity index (χ1n) is 6.72. The van der Waals surface area contributed by atoms with E-state index in [1.165, 1.54) is 25.7 Å². The summed E-state index contributed by atoms with van der Waals surface area (Å²) in [4.78, 5) is 12.0. The van der Waals surface area contributed by atoms with Gasteiger partial charge in [-0.25, -0.2) is 0 Å². The Morgan fingerprint density at radius 3 is 2.76 bits per heavy atom. The number of carbonyl (C=O) groups excluding carboxylic acids is 1. The number of nitrogens with one attached hydrogen (secondary N) is 1. The highest BCUT2D eigenvalue weighted by molar-refractivity contribution is 5.95. The maximum atomic E-state index is 12.0. The number of carbonyl (C=O) groups is 1. The summed E-state index contributed by atoms with van der Waals surface area (Å²) in [5, 5.41) is 3.08. The second kappa shape index (κ2) is 6.43. The first-order chi connectivity index (χ1) is 8.36. The summed E-state index contributed by atoms with van der Waals surface area (Å²) in [5.41, 5.74) is 2.04. The number of hydrogen-bond acceptors (Lipinski definition) is 1. The van der Waals surface area contributed by atoms with Crippen LogP contribution in [-0.2, 0) is 4.79 Å². The Bertz CT molecular complexity index is 363. The van der Waals surface area contributed by atoms with Crippen molar-refractivity contribution in [1.29, 1.82) is 0 Å². The van der Waals surface area contributed by atoms with Crippen LogP contribution < -0.4 is 5.32 Å². The molecule has 2 nitrogen and oxygen atoms in total. The van der Waals surface area contributed by atoms with Crippen molar-refractivity contribution in [2.24, 2.45) is 0 Å². The van der Waals surface area contributed by atoms with Crippen LogP contribution >= 0.6 is 0 Å². The molecular formula is C15H21NO. The van der Waals surface area contributed by atoms with Gasteiger partial charge in [-0.1, -0.05) is 37.1 Å². The molecule has 0 unspecified atom stereocenters. The average Bonchev–Trinajstić information content (AvgIpc) is 2.33. The van der Waals surface area contributed by atoms with Gasteiger partial charge in [0.2, 0.25) is 0 Å². The van der Waals surface area contributed by atoms with E-state index in [-0.39, 0.29) is 5.91 Å². The molecule has 0 aromatic heterocycles. The van der Waals surface area contributed by atoms with Crippen LogP contribution in [0, 0.1) is 0 Å². The SMILES string of the molecule is O=C(N/C1=C/CCCCCC1)C1=CC=CCC1. The predicted molar refractivity (Wildman–Crippen MR) is 70.4 cm³/mol. The van der Waals surface area contributed by atoms with Crippen LogP contribution in [0.25, 0.3) is 0 Å². The normalized spacial score (nSPS) is 24.0. The summed E-state index contributed by atoms with van der Waals surface area (Å²) in [7, 11) is 0. The first-order valence-corrected chi connectivity index (χ1v) is 6.72. The van der Waals surface area contributed by atoms with Crippen LogP contribution in [0.5, 0.6) is 0 Å². The highest BCUT2D eigenvalue weighted by Gasteiger charge is 2.12. The Labute approximate surface area is 103 Å². The van der Waals surface area contributed by atoms with Crippen molar-refractivity contribution >= 4 is 5.91 Å². The Hall–Kier alpha value is -1.31. The van der Waals surface area contributed by atoms with Gasteiger partial charge in [0.25, 0.3) is 5.91 Å². The summed E-state index contributed by atoms with van der Waals surface area (Å²) >= 11 is 0. The largest absolute Gasteiger partial charge is 0.326 e. The van der Waals surface area contributed by atoms with Crippen LogP contribution in [-0.4, -0.2) is 5.91 Å². The van der Waals surface area contributed by atoms with Crippen LogP contribution in [0.4, 0.5) is 0 Å². The number of rotatable bonds is 2. The summed E-state index contributed by atoms with van der Waals surface area (Å²) in [5.74, 6) is 0.0983. The van der Waals surface area contributed by atoms with Crippen LogP contribution in [0.3, 0.4) is 0 Å². The van der Waals surface area contributed by atoms with Gasteiger partial charge in [-0.05, 0) is 38.5 Å². The van der Waals surface area contributed by atoms with Crippen molar-refractivity contribution in [1.82, 2.24) is 5.32 Å². The minimum Gasteiger partial charge on any atom is -0.326 e. The lowest BCUT2D eigenvalue weighted by Crippen LogP contribution is -2.25. The lowest BCUT2D eigenvalue weighted by molar-refractivity contribution is -0.117. The molecule has 0 spiro atoms. The molecule has 0 fully saturated rings. The zero-order chi connectivity index (χ0) is 11.9. The molecule has 0 aromatic carbocycles. The minimum atomic E-state index is 0.0983. The Morgan fingerprint density at radius 2 is 1.94 bits per heavy atom. The summed E-state index contributed by atoms with van der Waals surface area (Å²) in [6.07, 6.45) is 17.3. The summed E-state index contributed by atoms with van der Waals surface area (Å²) in [6, 6.07) is 0. The minimum absolute atomic E-state index is 0.0983. The molecular weight excluding hydrogens is 210 g/mol. The molecule has 2 rings (SSSR count). The highest BCUT2D eigenvalue weighted by atomic mass is 16.1. The maximum Gasteiger partial charge on any atom is 0.251 e. The van der Waals surface area contributed by atoms with E-state index in [4.69, 9.17) is 0 Å². The fourth-order valence-corrected chi connectivity index (χ4v) is 2.32. The van der Waals surface area contributed by atoms with Gasteiger partial charge in [-0.2, -0.15) is 0 Å². The second-order valence-corrected chi connectivity index (χ2v) is 4.80. The van der Waals surface area contributed by atoms with Gasteiger partial charge in [-0.15, -0.1) is 0 Å². The smallest absolute Gasteiger partial charge is 0.251 e. The van der Waals surface area contributed by atoms with E-state index < -0.39 is 0 Å². The third kappa shape index (κ3) is 3.88. The van der Waals surface area contributed by atoms with E-state index in [1.807, 2.05) is 12.2 Å². The van der Waals surface area contributed by atoms with Crippen LogP contribution in [0.15, 0.2) is 35.6 Å². The molecule has 17 heavy (non-hydrogen) atoms.